The molecule has 1 amide bonds. The van der Waals surface area contributed by atoms with E-state index in [2.05, 4.69) is 29.2 Å². The Balaban J connectivity index is 0.00000190. The summed E-state index contributed by atoms with van der Waals surface area (Å²) < 4.78 is 6.31. The van der Waals surface area contributed by atoms with Crippen molar-refractivity contribution in [2.24, 2.45) is 5.73 Å². The number of carbonyl (C=O) groups excluding carboxylic acids is 1. The minimum Gasteiger partial charge on any atom is -0.490 e. The van der Waals surface area contributed by atoms with E-state index in [1.165, 1.54) is 0 Å². The van der Waals surface area contributed by atoms with Gasteiger partial charge in [-0.2, -0.15) is 0 Å². The highest BCUT2D eigenvalue weighted by molar-refractivity contribution is 5.99. The smallest absolute Gasteiger partial charge is 0.224 e. The van der Waals surface area contributed by atoms with Crippen LogP contribution in [0.5, 0.6) is 5.75 Å². The van der Waals surface area contributed by atoms with E-state index in [0.717, 1.165) is 65.7 Å². The van der Waals surface area contributed by atoms with E-state index in [4.69, 9.17) is 21.3 Å². The maximum absolute atomic E-state index is 12.7. The minimum absolute atomic E-state index is 0. The maximum Gasteiger partial charge on any atom is 0.224 e. The number of amidine groups is 2. The molecular weight excluding hydrogens is 509 g/mol. The zero-order valence-corrected chi connectivity index (χ0v) is 22.6. The molecular formula is C28H33Cl2N5O2. The van der Waals surface area contributed by atoms with Crippen molar-refractivity contribution in [3.8, 4) is 5.75 Å². The van der Waals surface area contributed by atoms with Crippen LogP contribution in [0.1, 0.15) is 49.4 Å². The first-order valence-corrected chi connectivity index (χ1v) is 12.1. The summed E-state index contributed by atoms with van der Waals surface area (Å²) in [6.07, 6.45) is 2.65. The highest BCUT2D eigenvalue weighted by Crippen LogP contribution is 2.42. The number of amides is 1. The summed E-state index contributed by atoms with van der Waals surface area (Å²) in [5, 5.41) is 17.6. The van der Waals surface area contributed by atoms with Crippen molar-refractivity contribution in [3.63, 3.8) is 0 Å². The van der Waals surface area contributed by atoms with E-state index >= 15 is 0 Å². The molecule has 0 saturated carbocycles. The SMILES string of the molecule is CC(=N)N1CCC(Oc2ccc3c(c2)CC(c2ccc4ccc(C(=N)N)cc4c2)N3C(C)=O)CC1.Cl.Cl. The third-order valence-corrected chi connectivity index (χ3v) is 7.15. The van der Waals surface area contributed by atoms with E-state index in [1.54, 1.807) is 6.92 Å². The van der Waals surface area contributed by atoms with E-state index in [0.29, 0.717) is 11.4 Å². The number of nitrogen functional groups attached to an aromatic ring is 1. The van der Waals surface area contributed by atoms with Gasteiger partial charge in [-0.15, -0.1) is 24.8 Å². The third-order valence-electron chi connectivity index (χ3n) is 7.15. The summed E-state index contributed by atoms with van der Waals surface area (Å²) in [4.78, 5) is 16.7. The van der Waals surface area contributed by atoms with Crippen LogP contribution in [0.15, 0.2) is 54.6 Å². The van der Waals surface area contributed by atoms with Crippen LogP contribution < -0.4 is 15.4 Å². The molecule has 0 aromatic heterocycles. The van der Waals surface area contributed by atoms with Crippen molar-refractivity contribution in [1.82, 2.24) is 4.90 Å². The lowest BCUT2D eigenvalue weighted by Crippen LogP contribution is -2.40. The molecule has 3 aromatic rings. The number of benzene rings is 3. The van der Waals surface area contributed by atoms with Crippen molar-refractivity contribution in [1.29, 1.82) is 10.8 Å². The molecule has 0 aliphatic carbocycles. The van der Waals surface area contributed by atoms with Gasteiger partial charge in [0.05, 0.1) is 11.9 Å². The standard InChI is InChI=1S/C28H31N5O2.2ClH/c1-17(29)32-11-9-24(10-12-32)35-25-7-8-26-23(15-25)16-27(33(26)18(2)34)20-5-3-19-4-6-21(28(30)31)14-22(19)13-20;;/h3-8,13-15,24,27,29H,9-12,16H2,1-2H3,(H3,30,31);2*1H. The van der Waals surface area contributed by atoms with Gasteiger partial charge in [-0.1, -0.05) is 24.3 Å². The topological polar surface area (TPSA) is 106 Å². The molecule has 37 heavy (non-hydrogen) atoms. The van der Waals surface area contributed by atoms with Gasteiger partial charge in [-0.05, 0) is 65.6 Å². The van der Waals surface area contributed by atoms with Crippen molar-refractivity contribution in [2.45, 2.75) is 45.3 Å². The van der Waals surface area contributed by atoms with Crippen molar-refractivity contribution in [2.75, 3.05) is 18.0 Å². The average Bonchev–Trinajstić information content (AvgIpc) is 3.22. The Labute approximate surface area is 229 Å². The second kappa shape index (κ2) is 11.4. The number of nitrogens with one attached hydrogen (secondary N) is 2. The number of hydrogen-bond acceptors (Lipinski definition) is 4. The number of carbonyl (C=O) groups is 1. The Morgan fingerprint density at radius 2 is 1.65 bits per heavy atom. The van der Waals surface area contributed by atoms with Crippen LogP contribution in [0.2, 0.25) is 0 Å². The van der Waals surface area contributed by atoms with Gasteiger partial charge in [0.25, 0.3) is 0 Å². The number of rotatable bonds is 4. The van der Waals surface area contributed by atoms with Crippen LogP contribution in [0.3, 0.4) is 0 Å². The molecule has 0 spiro atoms. The first-order valence-electron chi connectivity index (χ1n) is 12.1. The lowest BCUT2D eigenvalue weighted by molar-refractivity contribution is -0.116. The van der Waals surface area contributed by atoms with Crippen LogP contribution in [-0.2, 0) is 11.2 Å². The number of nitrogens with zero attached hydrogens (tertiary/aromatic N) is 2. The molecule has 0 bridgehead atoms. The summed E-state index contributed by atoms with van der Waals surface area (Å²) >= 11 is 0. The monoisotopic (exact) mass is 541 g/mol. The van der Waals surface area contributed by atoms with E-state index in [1.807, 2.05) is 42.2 Å². The van der Waals surface area contributed by atoms with E-state index in [9.17, 15) is 4.79 Å². The van der Waals surface area contributed by atoms with Gasteiger partial charge in [0.1, 0.15) is 17.7 Å². The number of ether oxygens (including phenoxy) is 1. The number of fused-ring (bicyclic) bond motifs is 2. The molecule has 2 heterocycles. The Kier molecular flexibility index (Phi) is 8.72. The summed E-state index contributed by atoms with van der Waals surface area (Å²) in [5.74, 6) is 1.50. The quantitative estimate of drug-likeness (QED) is 0.301. The van der Waals surface area contributed by atoms with Crippen molar-refractivity contribution < 1.29 is 9.53 Å². The Bertz CT molecular complexity index is 1340. The van der Waals surface area contributed by atoms with Gasteiger partial charge >= 0.3 is 0 Å². The second-order valence-corrected chi connectivity index (χ2v) is 9.52. The molecule has 196 valence electrons. The molecule has 1 fully saturated rings. The predicted octanol–water partition coefficient (Wildman–Crippen LogP) is 5.46. The number of piperidine rings is 1. The fraction of sp³-hybridized carbons (Fsp3) is 0.321. The molecule has 3 aromatic carbocycles. The Morgan fingerprint density at radius 1 is 0.946 bits per heavy atom. The van der Waals surface area contributed by atoms with Gasteiger partial charge in [0.2, 0.25) is 5.91 Å². The molecule has 5 rings (SSSR count). The highest BCUT2D eigenvalue weighted by Gasteiger charge is 2.34. The second-order valence-electron chi connectivity index (χ2n) is 9.52. The largest absolute Gasteiger partial charge is 0.490 e. The zero-order valence-electron chi connectivity index (χ0n) is 21.0. The van der Waals surface area contributed by atoms with Crippen molar-refractivity contribution in [3.05, 3.63) is 71.3 Å². The van der Waals surface area contributed by atoms with Gasteiger partial charge in [0, 0.05) is 44.1 Å². The molecule has 7 nitrogen and oxygen atoms in total. The summed E-state index contributed by atoms with van der Waals surface area (Å²) in [6.45, 7) is 5.13. The van der Waals surface area contributed by atoms with Crippen LogP contribution in [0, 0.1) is 10.8 Å². The van der Waals surface area contributed by atoms with Crippen LogP contribution in [0.4, 0.5) is 5.69 Å². The zero-order chi connectivity index (χ0) is 24.7. The first-order chi connectivity index (χ1) is 16.8. The molecule has 2 aliphatic heterocycles. The number of likely N-dealkylation sites (tertiary alicyclic amines) is 1. The number of anilines is 1. The fourth-order valence-corrected chi connectivity index (χ4v) is 5.30. The van der Waals surface area contributed by atoms with Gasteiger partial charge in [0.15, 0.2) is 0 Å². The van der Waals surface area contributed by atoms with Gasteiger partial charge in [-0.3, -0.25) is 15.6 Å². The third kappa shape index (κ3) is 5.68. The lowest BCUT2D eigenvalue weighted by Gasteiger charge is -2.32. The predicted molar refractivity (Wildman–Crippen MR) is 154 cm³/mol. The summed E-state index contributed by atoms with van der Waals surface area (Å²) in [7, 11) is 0. The highest BCUT2D eigenvalue weighted by atomic mass is 35.5. The van der Waals surface area contributed by atoms with Crippen LogP contribution >= 0.6 is 24.8 Å². The van der Waals surface area contributed by atoms with Crippen LogP contribution in [0.25, 0.3) is 10.8 Å². The summed E-state index contributed by atoms with van der Waals surface area (Å²) in [6, 6.07) is 17.9. The normalized spacial score (nSPS) is 17.0. The molecule has 1 saturated heterocycles. The van der Waals surface area contributed by atoms with Crippen LogP contribution in [-0.4, -0.2) is 41.7 Å². The van der Waals surface area contributed by atoms with E-state index < -0.39 is 0 Å². The number of hydrogen-bond donors (Lipinski definition) is 3. The van der Waals surface area contributed by atoms with Crippen molar-refractivity contribution >= 4 is 58.9 Å². The van der Waals surface area contributed by atoms with E-state index in [-0.39, 0.29) is 48.7 Å². The lowest BCUT2D eigenvalue weighted by atomic mass is 9.97. The molecule has 1 atom stereocenters. The Morgan fingerprint density at radius 3 is 2.30 bits per heavy atom. The fourth-order valence-electron chi connectivity index (χ4n) is 5.30. The number of halogens is 2. The average molecular weight is 543 g/mol. The summed E-state index contributed by atoms with van der Waals surface area (Å²) in [5.41, 5.74) is 9.48. The van der Waals surface area contributed by atoms with Gasteiger partial charge < -0.3 is 20.3 Å². The minimum atomic E-state index is -0.0954. The molecule has 4 N–H and O–H groups in total. The first kappa shape index (κ1) is 28.3. The Hall–Kier alpha value is -3.29. The number of nitrogens with two attached hydrogens (primary N) is 1. The maximum atomic E-state index is 12.7. The molecule has 1 unspecified atom stereocenters. The van der Waals surface area contributed by atoms with Gasteiger partial charge in [-0.25, -0.2) is 0 Å². The molecule has 9 heteroatoms. The molecule has 2 aliphatic rings. The molecule has 0 radical (unpaired) electrons.